The first kappa shape index (κ1) is 18.3. The Hall–Kier alpha value is -1.70. The maximum absolute atomic E-state index is 12.2. The van der Waals surface area contributed by atoms with Crippen LogP contribution in [0.2, 0.25) is 0 Å². The Kier molecular flexibility index (Phi) is 6.73. The highest BCUT2D eigenvalue weighted by Crippen LogP contribution is 2.22. The third kappa shape index (κ3) is 7.35. The van der Waals surface area contributed by atoms with E-state index in [1.807, 2.05) is 36.5 Å². The van der Waals surface area contributed by atoms with Gasteiger partial charge >= 0.3 is 12.1 Å². The lowest BCUT2D eigenvalue weighted by Gasteiger charge is -2.16. The van der Waals surface area contributed by atoms with Crippen molar-refractivity contribution in [1.29, 1.82) is 0 Å². The van der Waals surface area contributed by atoms with E-state index in [0.29, 0.717) is 5.75 Å². The Balaban J connectivity index is 2.42. The van der Waals surface area contributed by atoms with Gasteiger partial charge in [0, 0.05) is 5.75 Å². The van der Waals surface area contributed by atoms with Crippen LogP contribution in [0.3, 0.4) is 0 Å². The topological polar surface area (TPSA) is 66.4 Å². The van der Waals surface area contributed by atoms with E-state index in [-0.39, 0.29) is 5.75 Å². The number of rotatable bonds is 7. The number of aryl methyl sites for hydroxylation is 1. The molecule has 1 rings (SSSR count). The summed E-state index contributed by atoms with van der Waals surface area (Å²) < 4.78 is 36.6. The number of carboxylic acid groups (broad SMARTS) is 1. The molecular weight excluding hydrogens is 319 g/mol. The van der Waals surface area contributed by atoms with Crippen molar-refractivity contribution in [3.05, 3.63) is 35.4 Å². The highest BCUT2D eigenvalue weighted by atomic mass is 32.2. The van der Waals surface area contributed by atoms with Crippen LogP contribution >= 0.6 is 11.8 Å². The highest BCUT2D eigenvalue weighted by Gasteiger charge is 2.36. The van der Waals surface area contributed by atoms with Gasteiger partial charge in [0.25, 0.3) is 0 Å². The number of hydrogen-bond donors (Lipinski definition) is 2. The van der Waals surface area contributed by atoms with Gasteiger partial charge in [-0.2, -0.15) is 13.2 Å². The fraction of sp³-hybridized carbons (Fsp3) is 0.429. The van der Waals surface area contributed by atoms with Crippen LogP contribution in [0.5, 0.6) is 0 Å². The number of carboxylic acids is 1. The molecule has 0 radical (unpaired) electrons. The smallest absolute Gasteiger partial charge is 0.391 e. The molecule has 0 aliphatic heterocycles. The van der Waals surface area contributed by atoms with Crippen LogP contribution in [0, 0.1) is 6.92 Å². The molecule has 8 heteroatoms. The molecule has 0 bridgehead atoms. The van der Waals surface area contributed by atoms with E-state index in [0.717, 1.165) is 11.1 Å². The molecule has 0 fully saturated rings. The zero-order valence-electron chi connectivity index (χ0n) is 11.8. The second-order valence-electron chi connectivity index (χ2n) is 4.76. The molecule has 0 aromatic heterocycles. The molecule has 0 spiro atoms. The fourth-order valence-corrected chi connectivity index (χ4v) is 2.52. The van der Waals surface area contributed by atoms with Crippen molar-refractivity contribution in [3.8, 4) is 0 Å². The minimum absolute atomic E-state index is 0.102. The van der Waals surface area contributed by atoms with Crippen molar-refractivity contribution in [2.45, 2.75) is 31.3 Å². The lowest BCUT2D eigenvalue weighted by molar-refractivity contribution is -0.159. The van der Waals surface area contributed by atoms with Gasteiger partial charge in [0.05, 0.1) is 12.2 Å². The Morgan fingerprint density at radius 3 is 2.59 bits per heavy atom. The van der Waals surface area contributed by atoms with E-state index in [1.165, 1.54) is 11.8 Å². The number of carbonyl (C=O) groups excluding carboxylic acids is 1. The van der Waals surface area contributed by atoms with Gasteiger partial charge in [-0.05, 0) is 12.5 Å². The predicted molar refractivity (Wildman–Crippen MR) is 77.6 cm³/mol. The third-order valence-electron chi connectivity index (χ3n) is 2.65. The summed E-state index contributed by atoms with van der Waals surface area (Å²) in [6.45, 7) is 1.93. The molecule has 0 aliphatic carbocycles. The van der Waals surface area contributed by atoms with Crippen molar-refractivity contribution in [2.24, 2.45) is 0 Å². The van der Waals surface area contributed by atoms with Crippen LogP contribution in [0.4, 0.5) is 13.2 Å². The lowest BCUT2D eigenvalue weighted by Crippen LogP contribution is -2.44. The van der Waals surface area contributed by atoms with Crippen LogP contribution in [0.25, 0.3) is 0 Å². The molecule has 2 N–H and O–H groups in total. The summed E-state index contributed by atoms with van der Waals surface area (Å²) in [6.07, 6.45) is -6.23. The number of amides is 1. The van der Waals surface area contributed by atoms with E-state index in [4.69, 9.17) is 5.11 Å². The summed E-state index contributed by atoms with van der Waals surface area (Å²) >= 11 is 1.21. The average molecular weight is 335 g/mol. The first-order chi connectivity index (χ1) is 10.2. The number of alkyl halides is 3. The van der Waals surface area contributed by atoms with E-state index >= 15 is 0 Å². The van der Waals surface area contributed by atoms with Crippen LogP contribution < -0.4 is 5.32 Å². The predicted octanol–water partition coefficient (Wildman–Crippen LogP) is 2.75. The van der Waals surface area contributed by atoms with E-state index in [1.54, 1.807) is 0 Å². The largest absolute Gasteiger partial charge is 0.480 e. The first-order valence-corrected chi connectivity index (χ1v) is 7.55. The molecule has 4 nitrogen and oxygen atoms in total. The maximum atomic E-state index is 12.2. The molecule has 1 aromatic rings. The van der Waals surface area contributed by atoms with Gasteiger partial charge < -0.3 is 10.4 Å². The number of carbonyl (C=O) groups is 2. The van der Waals surface area contributed by atoms with Crippen LogP contribution in [-0.4, -0.2) is 35.0 Å². The number of thioether (sulfide) groups is 1. The maximum Gasteiger partial charge on any atom is 0.391 e. The zero-order chi connectivity index (χ0) is 16.8. The minimum atomic E-state index is -4.65. The van der Waals surface area contributed by atoms with E-state index < -0.39 is 30.5 Å². The number of benzene rings is 1. The fourth-order valence-electron chi connectivity index (χ4n) is 1.73. The van der Waals surface area contributed by atoms with Crippen molar-refractivity contribution in [3.63, 3.8) is 0 Å². The molecule has 1 unspecified atom stereocenters. The van der Waals surface area contributed by atoms with Crippen LogP contribution in [-0.2, 0) is 15.3 Å². The van der Waals surface area contributed by atoms with Crippen LogP contribution in [0.1, 0.15) is 17.5 Å². The van der Waals surface area contributed by atoms with Crippen molar-refractivity contribution in [2.75, 3.05) is 5.75 Å². The Morgan fingerprint density at radius 2 is 2.05 bits per heavy atom. The molecule has 1 aromatic carbocycles. The molecule has 1 atom stereocenters. The Morgan fingerprint density at radius 1 is 1.36 bits per heavy atom. The summed E-state index contributed by atoms with van der Waals surface area (Å²) in [5, 5.41) is 10.6. The molecule has 122 valence electrons. The third-order valence-corrected chi connectivity index (χ3v) is 3.66. The number of aliphatic carboxylic acids is 1. The number of hydrogen-bond acceptors (Lipinski definition) is 3. The van der Waals surface area contributed by atoms with Gasteiger partial charge in [0.15, 0.2) is 0 Å². The molecule has 0 aliphatic rings. The van der Waals surface area contributed by atoms with Gasteiger partial charge in [-0.3, -0.25) is 4.79 Å². The highest BCUT2D eigenvalue weighted by molar-refractivity contribution is 7.99. The minimum Gasteiger partial charge on any atom is -0.480 e. The molecule has 0 saturated heterocycles. The summed E-state index contributed by atoms with van der Waals surface area (Å²) in [5.41, 5.74) is 2.06. The Bertz CT molecular complexity index is 534. The molecular formula is C14H16F3NO3S. The molecule has 22 heavy (non-hydrogen) atoms. The van der Waals surface area contributed by atoms with Crippen molar-refractivity contribution >= 4 is 23.6 Å². The second-order valence-corrected chi connectivity index (χ2v) is 5.75. The van der Waals surface area contributed by atoms with Gasteiger partial charge in [-0.25, -0.2) is 4.79 Å². The first-order valence-electron chi connectivity index (χ1n) is 6.39. The quantitative estimate of drug-likeness (QED) is 0.804. The standard InChI is InChI=1S/C14H16F3NO3S/c1-9-3-2-4-10(5-9)7-22-8-12(19)18-11(13(20)21)6-14(15,16)17/h2-5,11H,6-8H2,1H3,(H,18,19)(H,20,21). The van der Waals surface area contributed by atoms with Gasteiger partial charge in [0.2, 0.25) is 5.91 Å². The van der Waals surface area contributed by atoms with Crippen molar-refractivity contribution < 1.29 is 27.9 Å². The van der Waals surface area contributed by atoms with Crippen molar-refractivity contribution in [1.82, 2.24) is 5.32 Å². The van der Waals surface area contributed by atoms with Crippen LogP contribution in [0.15, 0.2) is 24.3 Å². The van der Waals surface area contributed by atoms with E-state index in [9.17, 15) is 22.8 Å². The SMILES string of the molecule is Cc1cccc(CSCC(=O)NC(CC(F)(F)F)C(=O)O)c1. The normalized spacial score (nSPS) is 12.7. The molecule has 1 amide bonds. The average Bonchev–Trinajstić information content (AvgIpc) is 2.36. The second kappa shape index (κ2) is 8.07. The number of halogens is 3. The zero-order valence-corrected chi connectivity index (χ0v) is 12.6. The summed E-state index contributed by atoms with van der Waals surface area (Å²) in [7, 11) is 0. The summed E-state index contributed by atoms with van der Waals surface area (Å²) in [4.78, 5) is 22.3. The number of nitrogens with one attached hydrogen (secondary N) is 1. The van der Waals surface area contributed by atoms with Gasteiger partial charge in [0.1, 0.15) is 6.04 Å². The summed E-state index contributed by atoms with van der Waals surface area (Å²) in [6, 6.07) is 5.66. The molecule has 0 saturated carbocycles. The Labute approximate surface area is 130 Å². The lowest BCUT2D eigenvalue weighted by atomic mass is 10.2. The summed E-state index contributed by atoms with van der Waals surface area (Å²) in [5.74, 6) is -2.01. The van der Waals surface area contributed by atoms with Gasteiger partial charge in [-0.1, -0.05) is 29.8 Å². The van der Waals surface area contributed by atoms with Gasteiger partial charge in [-0.15, -0.1) is 11.8 Å². The van der Waals surface area contributed by atoms with E-state index in [2.05, 4.69) is 0 Å². The monoisotopic (exact) mass is 335 g/mol. The molecule has 0 heterocycles.